The molecule has 3 rings (SSSR count). The molecule has 0 saturated heterocycles. The molecule has 2 aromatic carbocycles. The first-order chi connectivity index (χ1) is 14.3. The van der Waals surface area contributed by atoms with Crippen molar-refractivity contribution in [2.75, 3.05) is 37.0 Å². The molecule has 0 radical (unpaired) electrons. The van der Waals surface area contributed by atoms with Gasteiger partial charge in [0.2, 0.25) is 5.91 Å². The van der Waals surface area contributed by atoms with Crippen molar-refractivity contribution in [3.8, 4) is 17.6 Å². The highest BCUT2D eigenvalue weighted by Gasteiger charge is 2.29. The third-order valence-electron chi connectivity index (χ3n) is 4.64. The smallest absolute Gasteiger partial charge is 0.422 e. The minimum atomic E-state index is -4.50. The van der Waals surface area contributed by atoms with E-state index in [9.17, 15) is 23.2 Å². The average molecular weight is 419 g/mol. The van der Waals surface area contributed by atoms with Crippen LogP contribution in [0.25, 0.3) is 0 Å². The summed E-state index contributed by atoms with van der Waals surface area (Å²) in [6.45, 7) is -0.918. The van der Waals surface area contributed by atoms with Crippen LogP contribution in [0.2, 0.25) is 0 Å². The van der Waals surface area contributed by atoms with Crippen molar-refractivity contribution in [2.45, 2.75) is 19.0 Å². The van der Waals surface area contributed by atoms with E-state index in [0.29, 0.717) is 12.2 Å². The van der Waals surface area contributed by atoms with Crippen LogP contribution >= 0.6 is 0 Å². The van der Waals surface area contributed by atoms with E-state index in [1.807, 2.05) is 18.2 Å². The number of alkyl halides is 3. The Morgan fingerprint density at radius 1 is 1.27 bits per heavy atom. The number of hydrogen-bond donors (Lipinski definition) is 1. The lowest BCUT2D eigenvalue weighted by Crippen LogP contribution is -2.39. The fraction of sp³-hybridized carbons (Fsp3) is 0.333. The number of benzene rings is 2. The molecule has 9 heteroatoms. The standard InChI is InChI=1S/C21H20F3N3O3/c1-29-17-5-6-18-14(10-17)3-2-8-27(18)20(28)12-26-16-4-7-19(15(9-16)11-25)30-13-21(22,23)24/h4-7,9-10,26H,2-3,8,12-13H2,1H3. The van der Waals surface area contributed by atoms with Gasteiger partial charge in [0.15, 0.2) is 6.61 Å². The van der Waals surface area contributed by atoms with Gasteiger partial charge in [0.25, 0.3) is 0 Å². The number of nitrogens with one attached hydrogen (secondary N) is 1. The van der Waals surface area contributed by atoms with E-state index >= 15 is 0 Å². The molecule has 0 unspecified atom stereocenters. The minimum absolute atomic E-state index is 0.0287. The van der Waals surface area contributed by atoms with Crippen LogP contribution in [0.15, 0.2) is 36.4 Å². The van der Waals surface area contributed by atoms with E-state index in [1.54, 1.807) is 18.1 Å². The summed E-state index contributed by atoms with van der Waals surface area (Å²) in [5.74, 6) is 0.417. The Balaban J connectivity index is 1.66. The highest BCUT2D eigenvalue weighted by atomic mass is 19.4. The fourth-order valence-corrected chi connectivity index (χ4v) is 3.25. The summed E-state index contributed by atoms with van der Waals surface area (Å²) >= 11 is 0. The van der Waals surface area contributed by atoms with Gasteiger partial charge >= 0.3 is 6.18 Å². The Labute approximate surface area is 171 Å². The van der Waals surface area contributed by atoms with Gasteiger partial charge in [-0.2, -0.15) is 18.4 Å². The summed E-state index contributed by atoms with van der Waals surface area (Å²) in [4.78, 5) is 14.4. The maximum atomic E-state index is 12.7. The Kier molecular flexibility index (Phi) is 6.35. The Morgan fingerprint density at radius 2 is 2.07 bits per heavy atom. The predicted molar refractivity (Wildman–Crippen MR) is 105 cm³/mol. The second kappa shape index (κ2) is 8.95. The molecule has 0 aromatic heterocycles. The van der Waals surface area contributed by atoms with Crippen LogP contribution in [-0.2, 0) is 11.2 Å². The van der Waals surface area contributed by atoms with Gasteiger partial charge in [-0.05, 0) is 54.8 Å². The van der Waals surface area contributed by atoms with Gasteiger partial charge in [-0.3, -0.25) is 4.79 Å². The second-order valence-corrected chi connectivity index (χ2v) is 6.72. The number of nitrogens with zero attached hydrogens (tertiary/aromatic N) is 2. The topological polar surface area (TPSA) is 74.6 Å². The van der Waals surface area contributed by atoms with E-state index in [1.165, 1.54) is 18.2 Å². The molecule has 6 nitrogen and oxygen atoms in total. The maximum absolute atomic E-state index is 12.7. The van der Waals surface area contributed by atoms with Crippen molar-refractivity contribution in [2.24, 2.45) is 0 Å². The van der Waals surface area contributed by atoms with Crippen LogP contribution < -0.4 is 19.7 Å². The van der Waals surface area contributed by atoms with E-state index in [-0.39, 0.29) is 23.8 Å². The van der Waals surface area contributed by atoms with Gasteiger partial charge in [0, 0.05) is 17.9 Å². The summed E-state index contributed by atoms with van der Waals surface area (Å²) < 4.78 is 46.9. The summed E-state index contributed by atoms with van der Waals surface area (Å²) in [6, 6.07) is 11.5. The summed E-state index contributed by atoms with van der Waals surface area (Å²) in [5, 5.41) is 12.1. The molecule has 0 spiro atoms. The molecule has 1 aliphatic rings. The number of carbonyl (C=O) groups is 1. The lowest BCUT2D eigenvalue weighted by Gasteiger charge is -2.30. The first-order valence-corrected chi connectivity index (χ1v) is 9.25. The number of methoxy groups -OCH3 is 1. The third-order valence-corrected chi connectivity index (χ3v) is 4.64. The van der Waals surface area contributed by atoms with E-state index in [4.69, 9.17) is 4.74 Å². The fourth-order valence-electron chi connectivity index (χ4n) is 3.25. The summed E-state index contributed by atoms with van der Waals surface area (Å²) in [7, 11) is 1.59. The largest absolute Gasteiger partial charge is 0.497 e. The van der Waals surface area contributed by atoms with Gasteiger partial charge in [-0.1, -0.05) is 0 Å². The van der Waals surface area contributed by atoms with Crippen molar-refractivity contribution >= 4 is 17.3 Å². The zero-order chi connectivity index (χ0) is 21.7. The van der Waals surface area contributed by atoms with Gasteiger partial charge < -0.3 is 19.7 Å². The lowest BCUT2D eigenvalue weighted by molar-refractivity contribution is -0.153. The number of carbonyl (C=O) groups excluding carboxylic acids is 1. The van der Waals surface area contributed by atoms with E-state index in [0.717, 1.165) is 29.8 Å². The van der Waals surface area contributed by atoms with Gasteiger partial charge in [-0.15, -0.1) is 0 Å². The van der Waals surface area contributed by atoms with Crippen molar-refractivity contribution in [1.82, 2.24) is 0 Å². The molecule has 158 valence electrons. The number of nitriles is 1. The van der Waals surface area contributed by atoms with Gasteiger partial charge in [0.05, 0.1) is 19.2 Å². The summed E-state index contributed by atoms with van der Waals surface area (Å²) in [6.07, 6.45) is -2.81. The van der Waals surface area contributed by atoms with Crippen molar-refractivity contribution in [3.63, 3.8) is 0 Å². The predicted octanol–water partition coefficient (Wildman–Crippen LogP) is 3.90. The molecule has 1 aliphatic heterocycles. The SMILES string of the molecule is COc1ccc2c(c1)CCCN2C(=O)CNc1ccc(OCC(F)(F)F)c(C#N)c1. The maximum Gasteiger partial charge on any atom is 0.422 e. The number of rotatable bonds is 6. The number of hydrogen-bond acceptors (Lipinski definition) is 5. The summed E-state index contributed by atoms with van der Waals surface area (Å²) in [5.41, 5.74) is 2.26. The third kappa shape index (κ3) is 5.14. The monoisotopic (exact) mass is 419 g/mol. The number of ether oxygens (including phenoxy) is 2. The molecule has 0 fully saturated rings. The first-order valence-electron chi connectivity index (χ1n) is 9.25. The van der Waals surface area contributed by atoms with Crippen LogP contribution in [0, 0.1) is 11.3 Å². The highest BCUT2D eigenvalue weighted by molar-refractivity contribution is 5.97. The molecule has 0 aliphatic carbocycles. The highest BCUT2D eigenvalue weighted by Crippen LogP contribution is 2.31. The molecular formula is C21H20F3N3O3. The Morgan fingerprint density at radius 3 is 2.77 bits per heavy atom. The Bertz CT molecular complexity index is 970. The van der Waals surface area contributed by atoms with Crippen LogP contribution in [-0.4, -0.2) is 38.9 Å². The molecular weight excluding hydrogens is 399 g/mol. The number of amides is 1. The number of fused-ring (bicyclic) bond motifs is 1. The molecule has 0 atom stereocenters. The van der Waals surface area contributed by atoms with Gasteiger partial charge in [0.1, 0.15) is 17.6 Å². The Hall–Kier alpha value is -3.41. The lowest BCUT2D eigenvalue weighted by atomic mass is 10.0. The van der Waals surface area contributed by atoms with Crippen LogP contribution in [0.5, 0.6) is 11.5 Å². The molecule has 1 heterocycles. The first kappa shape index (κ1) is 21.3. The molecule has 0 bridgehead atoms. The minimum Gasteiger partial charge on any atom is -0.497 e. The number of anilines is 2. The van der Waals surface area contributed by atoms with Crippen molar-refractivity contribution in [1.29, 1.82) is 5.26 Å². The van der Waals surface area contributed by atoms with Crippen LogP contribution in [0.3, 0.4) is 0 Å². The van der Waals surface area contributed by atoms with E-state index < -0.39 is 12.8 Å². The number of halogens is 3. The molecule has 0 saturated carbocycles. The molecule has 30 heavy (non-hydrogen) atoms. The second-order valence-electron chi connectivity index (χ2n) is 6.72. The van der Waals surface area contributed by atoms with Crippen LogP contribution in [0.4, 0.5) is 24.5 Å². The molecule has 1 N–H and O–H groups in total. The van der Waals surface area contributed by atoms with Crippen molar-refractivity contribution in [3.05, 3.63) is 47.5 Å². The van der Waals surface area contributed by atoms with Crippen molar-refractivity contribution < 1.29 is 27.4 Å². The van der Waals surface area contributed by atoms with Gasteiger partial charge in [-0.25, -0.2) is 0 Å². The zero-order valence-electron chi connectivity index (χ0n) is 16.3. The zero-order valence-corrected chi connectivity index (χ0v) is 16.3. The number of aryl methyl sites for hydroxylation is 1. The normalized spacial score (nSPS) is 13.2. The van der Waals surface area contributed by atoms with E-state index in [2.05, 4.69) is 10.1 Å². The molecule has 1 amide bonds. The average Bonchev–Trinajstić information content (AvgIpc) is 2.74. The van der Waals surface area contributed by atoms with Crippen LogP contribution in [0.1, 0.15) is 17.5 Å². The quantitative estimate of drug-likeness (QED) is 0.769. The molecule has 2 aromatic rings.